The van der Waals surface area contributed by atoms with Crippen LogP contribution in [0.4, 0.5) is 13.2 Å². The zero-order valence-corrected chi connectivity index (χ0v) is 12.2. The molecule has 7 heteroatoms. The number of methoxy groups -OCH3 is 1. The topological polar surface area (TPSA) is 68.3 Å². The molecular formula is C14H19F3N2O2. The minimum Gasteiger partial charge on any atom is -0.493 e. The third-order valence-electron chi connectivity index (χ3n) is 3.11. The zero-order valence-electron chi connectivity index (χ0n) is 12.2. The SMILES string of the molecule is COC(C)(C)CCOc1ccc(C(=N)N)c(C(F)(F)F)c1. The summed E-state index contributed by atoms with van der Waals surface area (Å²) in [5.74, 6) is -0.548. The summed E-state index contributed by atoms with van der Waals surface area (Å²) in [5.41, 5.74) is 3.42. The third kappa shape index (κ3) is 4.93. The molecule has 0 aliphatic rings. The molecule has 0 spiro atoms. The maximum Gasteiger partial charge on any atom is 0.417 e. The van der Waals surface area contributed by atoms with E-state index in [2.05, 4.69) is 0 Å². The number of hydrogen-bond donors (Lipinski definition) is 2. The van der Waals surface area contributed by atoms with Crippen LogP contribution in [-0.2, 0) is 10.9 Å². The summed E-state index contributed by atoms with van der Waals surface area (Å²) in [5, 5.41) is 7.19. The van der Waals surface area contributed by atoms with Gasteiger partial charge in [-0.15, -0.1) is 0 Å². The molecular weight excluding hydrogens is 285 g/mol. The Kier molecular flexibility index (Phi) is 5.22. The molecule has 1 rings (SSSR count). The van der Waals surface area contributed by atoms with Crippen LogP contribution in [0.5, 0.6) is 5.75 Å². The summed E-state index contributed by atoms with van der Waals surface area (Å²) in [6, 6.07) is 3.37. The predicted molar refractivity (Wildman–Crippen MR) is 73.7 cm³/mol. The first-order valence-corrected chi connectivity index (χ1v) is 6.30. The van der Waals surface area contributed by atoms with Gasteiger partial charge < -0.3 is 15.2 Å². The van der Waals surface area contributed by atoms with Crippen molar-refractivity contribution in [2.75, 3.05) is 13.7 Å². The Morgan fingerprint density at radius 3 is 2.38 bits per heavy atom. The molecule has 0 aliphatic carbocycles. The van der Waals surface area contributed by atoms with E-state index in [4.69, 9.17) is 20.6 Å². The third-order valence-corrected chi connectivity index (χ3v) is 3.11. The number of benzene rings is 1. The molecule has 0 saturated heterocycles. The number of nitrogens with two attached hydrogens (primary N) is 1. The Morgan fingerprint density at radius 1 is 1.29 bits per heavy atom. The first-order chi connectivity index (χ1) is 9.57. The Hall–Kier alpha value is -1.76. The van der Waals surface area contributed by atoms with Gasteiger partial charge in [0.2, 0.25) is 0 Å². The average molecular weight is 304 g/mol. The fourth-order valence-electron chi connectivity index (χ4n) is 1.60. The van der Waals surface area contributed by atoms with Crippen molar-refractivity contribution in [3.8, 4) is 5.75 Å². The molecule has 0 aromatic heterocycles. The molecule has 0 aliphatic heterocycles. The highest BCUT2D eigenvalue weighted by Crippen LogP contribution is 2.34. The molecule has 4 nitrogen and oxygen atoms in total. The van der Waals surface area contributed by atoms with Gasteiger partial charge in [0, 0.05) is 19.1 Å². The minimum absolute atomic E-state index is 0.0826. The highest BCUT2D eigenvalue weighted by Gasteiger charge is 2.34. The molecule has 0 heterocycles. The number of amidine groups is 1. The van der Waals surface area contributed by atoms with E-state index in [1.165, 1.54) is 6.07 Å². The van der Waals surface area contributed by atoms with E-state index < -0.39 is 23.2 Å². The summed E-state index contributed by atoms with van der Waals surface area (Å²) in [6.45, 7) is 3.93. The van der Waals surface area contributed by atoms with Gasteiger partial charge in [0.25, 0.3) is 0 Å². The highest BCUT2D eigenvalue weighted by molar-refractivity contribution is 5.96. The lowest BCUT2D eigenvalue weighted by Crippen LogP contribution is -2.25. The molecule has 3 N–H and O–H groups in total. The predicted octanol–water partition coefficient (Wildman–Crippen LogP) is 3.18. The van der Waals surface area contributed by atoms with Crippen molar-refractivity contribution in [1.29, 1.82) is 5.41 Å². The van der Waals surface area contributed by atoms with Crippen LogP contribution in [0.15, 0.2) is 18.2 Å². The van der Waals surface area contributed by atoms with Gasteiger partial charge in [0.15, 0.2) is 0 Å². The van der Waals surface area contributed by atoms with Crippen molar-refractivity contribution in [2.45, 2.75) is 32.0 Å². The summed E-state index contributed by atoms with van der Waals surface area (Å²) < 4.78 is 49.3. The van der Waals surface area contributed by atoms with E-state index >= 15 is 0 Å². The number of nitrogen functional groups attached to an aromatic ring is 1. The fourth-order valence-corrected chi connectivity index (χ4v) is 1.60. The number of halogens is 3. The number of nitrogens with one attached hydrogen (secondary N) is 1. The van der Waals surface area contributed by atoms with Gasteiger partial charge in [-0.05, 0) is 32.0 Å². The molecule has 0 amide bonds. The Morgan fingerprint density at radius 2 is 1.90 bits per heavy atom. The van der Waals surface area contributed by atoms with Gasteiger partial charge >= 0.3 is 6.18 Å². The molecule has 0 radical (unpaired) electrons. The Bertz CT molecular complexity index is 513. The second-order valence-corrected chi connectivity index (χ2v) is 5.18. The lowest BCUT2D eigenvalue weighted by molar-refractivity contribution is -0.137. The van der Waals surface area contributed by atoms with Crippen molar-refractivity contribution in [3.05, 3.63) is 29.3 Å². The van der Waals surface area contributed by atoms with Gasteiger partial charge in [-0.2, -0.15) is 13.2 Å². The number of rotatable bonds is 6. The number of ether oxygens (including phenoxy) is 2. The maximum atomic E-state index is 12.9. The highest BCUT2D eigenvalue weighted by atomic mass is 19.4. The van der Waals surface area contributed by atoms with E-state index in [9.17, 15) is 13.2 Å². The van der Waals surface area contributed by atoms with Gasteiger partial charge in [-0.25, -0.2) is 0 Å². The summed E-state index contributed by atoms with van der Waals surface area (Å²) in [4.78, 5) is 0. The molecule has 0 fully saturated rings. The first kappa shape index (κ1) is 17.3. The molecule has 0 saturated carbocycles. The average Bonchev–Trinajstić information content (AvgIpc) is 2.37. The minimum atomic E-state index is -4.59. The number of alkyl halides is 3. The van der Waals surface area contributed by atoms with Crippen molar-refractivity contribution >= 4 is 5.84 Å². The lowest BCUT2D eigenvalue weighted by atomic mass is 10.1. The standard InChI is InChI=1S/C14H19F3N2O2/c1-13(2,20-3)6-7-21-9-4-5-10(12(18)19)11(8-9)14(15,16)17/h4-5,8H,6-7H2,1-3H3,(H3,18,19). The quantitative estimate of drug-likeness (QED) is 0.626. The van der Waals surface area contributed by atoms with Crippen molar-refractivity contribution in [1.82, 2.24) is 0 Å². The summed E-state index contributed by atoms with van der Waals surface area (Å²) in [7, 11) is 1.56. The van der Waals surface area contributed by atoms with Gasteiger partial charge in [0.1, 0.15) is 11.6 Å². The van der Waals surface area contributed by atoms with Crippen LogP contribution >= 0.6 is 0 Å². The summed E-state index contributed by atoms with van der Waals surface area (Å²) in [6.07, 6.45) is -4.06. The molecule has 118 valence electrons. The van der Waals surface area contributed by atoms with E-state index in [-0.39, 0.29) is 17.9 Å². The second-order valence-electron chi connectivity index (χ2n) is 5.18. The lowest BCUT2D eigenvalue weighted by Gasteiger charge is -2.23. The van der Waals surface area contributed by atoms with Crippen LogP contribution < -0.4 is 10.5 Å². The van der Waals surface area contributed by atoms with Crippen molar-refractivity contribution < 1.29 is 22.6 Å². The van der Waals surface area contributed by atoms with Crippen LogP contribution in [0.1, 0.15) is 31.4 Å². The maximum absolute atomic E-state index is 12.9. The monoisotopic (exact) mass is 304 g/mol. The van der Waals surface area contributed by atoms with Crippen LogP contribution in [0.3, 0.4) is 0 Å². The molecule has 21 heavy (non-hydrogen) atoms. The largest absolute Gasteiger partial charge is 0.493 e. The molecule has 0 bridgehead atoms. The first-order valence-electron chi connectivity index (χ1n) is 6.30. The molecule has 0 atom stereocenters. The van der Waals surface area contributed by atoms with E-state index in [0.717, 1.165) is 12.1 Å². The molecule has 0 unspecified atom stereocenters. The fraction of sp³-hybridized carbons (Fsp3) is 0.500. The Balaban J connectivity index is 2.89. The van der Waals surface area contributed by atoms with Crippen LogP contribution in [-0.4, -0.2) is 25.2 Å². The van der Waals surface area contributed by atoms with E-state index in [0.29, 0.717) is 6.42 Å². The Labute approximate surface area is 121 Å². The van der Waals surface area contributed by atoms with Crippen LogP contribution in [0, 0.1) is 5.41 Å². The molecule has 1 aromatic carbocycles. The zero-order chi connectivity index (χ0) is 16.3. The van der Waals surface area contributed by atoms with E-state index in [1.54, 1.807) is 7.11 Å². The van der Waals surface area contributed by atoms with E-state index in [1.807, 2.05) is 13.8 Å². The van der Waals surface area contributed by atoms with Gasteiger partial charge in [-0.3, -0.25) is 5.41 Å². The summed E-state index contributed by atoms with van der Waals surface area (Å²) >= 11 is 0. The smallest absolute Gasteiger partial charge is 0.417 e. The van der Waals surface area contributed by atoms with Crippen LogP contribution in [0.2, 0.25) is 0 Å². The van der Waals surface area contributed by atoms with Gasteiger partial charge in [-0.1, -0.05) is 0 Å². The number of hydrogen-bond acceptors (Lipinski definition) is 3. The van der Waals surface area contributed by atoms with Crippen molar-refractivity contribution in [2.24, 2.45) is 5.73 Å². The normalized spacial score (nSPS) is 12.3. The van der Waals surface area contributed by atoms with Crippen molar-refractivity contribution in [3.63, 3.8) is 0 Å². The van der Waals surface area contributed by atoms with Crippen LogP contribution in [0.25, 0.3) is 0 Å². The molecule has 1 aromatic rings. The van der Waals surface area contributed by atoms with Gasteiger partial charge in [0.05, 0.1) is 17.8 Å². The second kappa shape index (κ2) is 6.34.